The number of piperidine rings is 1. The number of ether oxygens (including phenoxy) is 1. The summed E-state index contributed by atoms with van der Waals surface area (Å²) in [4.78, 5) is 15.3. The number of nitrogens with zero attached hydrogens (tertiary/aromatic N) is 1. The normalized spacial score (nSPS) is 17.4. The van der Waals surface area contributed by atoms with Gasteiger partial charge in [0.15, 0.2) is 0 Å². The molecule has 0 unspecified atom stereocenters. The molecule has 1 aromatic heterocycles. The second-order valence-corrected chi connectivity index (χ2v) is 8.50. The van der Waals surface area contributed by atoms with E-state index in [9.17, 15) is 23.1 Å². The Morgan fingerprint density at radius 1 is 1.21 bits per heavy atom. The molecule has 9 heteroatoms. The summed E-state index contributed by atoms with van der Waals surface area (Å²) < 4.78 is 52.5. The summed E-state index contributed by atoms with van der Waals surface area (Å²) in [5.41, 5.74) is -1.13. The Hall–Kier alpha value is -2.71. The van der Waals surface area contributed by atoms with Gasteiger partial charge in [0.05, 0.1) is 16.0 Å². The van der Waals surface area contributed by atoms with Crippen molar-refractivity contribution in [3.05, 3.63) is 63.0 Å². The fraction of sp³-hybridized carbons (Fsp3) is 0.375. The van der Waals surface area contributed by atoms with Gasteiger partial charge < -0.3 is 14.3 Å². The minimum absolute atomic E-state index is 0.0484. The second-order valence-electron chi connectivity index (χ2n) is 8.09. The SMILES string of the molecule is CC[C@@H]1CCCCN1Cc1c(O)ccc2c(=O)c(Oc3ccccc3Cl)c(C(F)(F)F)oc12. The summed E-state index contributed by atoms with van der Waals surface area (Å²) >= 11 is 6.02. The zero-order chi connectivity index (χ0) is 23.8. The van der Waals surface area contributed by atoms with Crippen LogP contribution < -0.4 is 10.2 Å². The van der Waals surface area contributed by atoms with E-state index in [1.165, 1.54) is 30.3 Å². The van der Waals surface area contributed by atoms with Gasteiger partial charge in [-0.2, -0.15) is 13.2 Å². The number of phenolic OH excluding ortho intramolecular Hbond substituents is 1. The van der Waals surface area contributed by atoms with Crippen molar-refractivity contribution < 1.29 is 27.4 Å². The molecule has 4 rings (SSSR count). The molecular weight excluding hydrogens is 459 g/mol. The van der Waals surface area contributed by atoms with Gasteiger partial charge in [-0.25, -0.2) is 0 Å². The predicted octanol–water partition coefficient (Wildman–Crippen LogP) is 6.73. The molecule has 1 atom stereocenters. The van der Waals surface area contributed by atoms with E-state index in [0.29, 0.717) is 0 Å². The Morgan fingerprint density at radius 3 is 2.67 bits per heavy atom. The van der Waals surface area contributed by atoms with E-state index in [4.69, 9.17) is 20.8 Å². The van der Waals surface area contributed by atoms with Crippen molar-refractivity contribution in [3.8, 4) is 17.2 Å². The van der Waals surface area contributed by atoms with E-state index in [-0.39, 0.29) is 45.6 Å². The van der Waals surface area contributed by atoms with Gasteiger partial charge in [-0.05, 0) is 50.1 Å². The average Bonchev–Trinajstić information content (AvgIpc) is 2.78. The molecule has 0 radical (unpaired) electrons. The first-order chi connectivity index (χ1) is 15.7. The molecule has 3 aromatic rings. The van der Waals surface area contributed by atoms with Gasteiger partial charge in [-0.1, -0.05) is 37.1 Å². The number of benzene rings is 2. The third-order valence-corrected chi connectivity index (χ3v) is 6.30. The van der Waals surface area contributed by atoms with Crippen molar-refractivity contribution in [2.75, 3.05) is 6.54 Å². The fourth-order valence-electron chi connectivity index (χ4n) is 4.29. The number of alkyl halides is 3. The number of likely N-dealkylation sites (tertiary alicyclic amines) is 1. The van der Waals surface area contributed by atoms with Crippen LogP contribution in [0.3, 0.4) is 0 Å². The van der Waals surface area contributed by atoms with Crippen molar-refractivity contribution in [1.29, 1.82) is 0 Å². The molecule has 1 aliphatic rings. The molecule has 2 aromatic carbocycles. The van der Waals surface area contributed by atoms with Crippen molar-refractivity contribution in [2.24, 2.45) is 0 Å². The smallest absolute Gasteiger partial charge is 0.453 e. The summed E-state index contributed by atoms with van der Waals surface area (Å²) in [5, 5.41) is 10.4. The van der Waals surface area contributed by atoms with Crippen LogP contribution in [0, 0.1) is 0 Å². The van der Waals surface area contributed by atoms with Crippen LogP contribution >= 0.6 is 11.6 Å². The quantitative estimate of drug-likeness (QED) is 0.438. The fourth-order valence-corrected chi connectivity index (χ4v) is 4.46. The number of hydrogen-bond donors (Lipinski definition) is 1. The summed E-state index contributed by atoms with van der Waals surface area (Å²) in [6.45, 7) is 2.97. The molecule has 1 aliphatic heterocycles. The lowest BCUT2D eigenvalue weighted by Crippen LogP contribution is -2.38. The first-order valence-corrected chi connectivity index (χ1v) is 11.1. The van der Waals surface area contributed by atoms with Crippen LogP contribution in [0.15, 0.2) is 45.6 Å². The predicted molar refractivity (Wildman–Crippen MR) is 119 cm³/mol. The Morgan fingerprint density at radius 2 is 1.97 bits per heavy atom. The van der Waals surface area contributed by atoms with Crippen molar-refractivity contribution >= 4 is 22.6 Å². The minimum atomic E-state index is -5.01. The highest BCUT2D eigenvalue weighted by atomic mass is 35.5. The average molecular weight is 482 g/mol. The Bertz CT molecular complexity index is 1220. The Balaban J connectivity index is 1.88. The number of rotatable bonds is 5. The molecule has 0 spiro atoms. The molecule has 1 N–H and O–H groups in total. The number of fused-ring (bicyclic) bond motifs is 1. The standard InChI is InChI=1S/C24H23ClF3NO4/c1-2-14-7-5-6-12-29(14)13-16-18(30)11-10-15-20(31)22(23(24(26,27)28)33-21(15)16)32-19-9-4-3-8-17(19)25/h3-4,8-11,14,30H,2,5-7,12-13H2,1H3/t14-/m1/s1. The van der Waals surface area contributed by atoms with E-state index in [0.717, 1.165) is 32.2 Å². The van der Waals surface area contributed by atoms with E-state index in [1.54, 1.807) is 6.07 Å². The highest BCUT2D eigenvalue weighted by Gasteiger charge is 2.41. The maximum atomic E-state index is 13.9. The number of aromatic hydroxyl groups is 1. The highest BCUT2D eigenvalue weighted by Crippen LogP contribution is 2.41. The maximum absolute atomic E-state index is 13.9. The molecule has 0 saturated carbocycles. The van der Waals surface area contributed by atoms with Crippen LogP contribution in [0.4, 0.5) is 13.2 Å². The first-order valence-electron chi connectivity index (χ1n) is 10.8. The Kier molecular flexibility index (Phi) is 6.59. The zero-order valence-corrected chi connectivity index (χ0v) is 18.7. The lowest BCUT2D eigenvalue weighted by atomic mass is 9.98. The molecule has 0 amide bonds. The van der Waals surface area contributed by atoms with Crippen LogP contribution in [0.25, 0.3) is 11.0 Å². The van der Waals surface area contributed by atoms with E-state index < -0.39 is 23.1 Å². The third-order valence-electron chi connectivity index (χ3n) is 5.98. The van der Waals surface area contributed by atoms with Gasteiger partial charge in [0.25, 0.3) is 5.76 Å². The summed E-state index contributed by atoms with van der Waals surface area (Å²) in [6, 6.07) is 8.68. The molecular formula is C24H23ClF3NO4. The second kappa shape index (κ2) is 9.27. The van der Waals surface area contributed by atoms with Gasteiger partial charge >= 0.3 is 6.18 Å². The number of para-hydroxylation sites is 1. The lowest BCUT2D eigenvalue weighted by Gasteiger charge is -2.35. The van der Waals surface area contributed by atoms with E-state index in [1.807, 2.05) is 6.92 Å². The lowest BCUT2D eigenvalue weighted by molar-refractivity contribution is -0.154. The maximum Gasteiger partial charge on any atom is 0.453 e. The van der Waals surface area contributed by atoms with Crippen LogP contribution in [-0.2, 0) is 12.7 Å². The molecule has 2 heterocycles. The van der Waals surface area contributed by atoms with Gasteiger partial charge in [0.2, 0.25) is 11.2 Å². The van der Waals surface area contributed by atoms with Gasteiger partial charge in [-0.15, -0.1) is 0 Å². The van der Waals surface area contributed by atoms with Gasteiger partial charge in [0.1, 0.15) is 17.1 Å². The largest absolute Gasteiger partial charge is 0.507 e. The minimum Gasteiger partial charge on any atom is -0.507 e. The van der Waals surface area contributed by atoms with Crippen LogP contribution in [0.2, 0.25) is 5.02 Å². The topological polar surface area (TPSA) is 62.9 Å². The van der Waals surface area contributed by atoms with Crippen LogP contribution in [0.1, 0.15) is 43.9 Å². The number of phenols is 1. The number of hydrogen-bond acceptors (Lipinski definition) is 5. The first kappa shape index (κ1) is 23.4. The zero-order valence-electron chi connectivity index (χ0n) is 17.9. The Labute approximate surface area is 193 Å². The van der Waals surface area contributed by atoms with Gasteiger partial charge in [0, 0.05) is 12.6 Å². The summed E-state index contributed by atoms with van der Waals surface area (Å²) in [5.74, 6) is -2.89. The molecule has 0 bridgehead atoms. The van der Waals surface area contributed by atoms with E-state index >= 15 is 0 Å². The van der Waals surface area contributed by atoms with Crippen molar-refractivity contribution in [2.45, 2.75) is 51.4 Å². The van der Waals surface area contributed by atoms with Crippen molar-refractivity contribution in [1.82, 2.24) is 4.90 Å². The molecule has 33 heavy (non-hydrogen) atoms. The van der Waals surface area contributed by atoms with Crippen molar-refractivity contribution in [3.63, 3.8) is 0 Å². The highest BCUT2D eigenvalue weighted by molar-refractivity contribution is 6.32. The number of halogens is 4. The van der Waals surface area contributed by atoms with E-state index in [2.05, 4.69) is 4.90 Å². The molecule has 0 aliphatic carbocycles. The van der Waals surface area contributed by atoms with Gasteiger partial charge in [-0.3, -0.25) is 9.69 Å². The monoisotopic (exact) mass is 481 g/mol. The summed E-state index contributed by atoms with van der Waals surface area (Å²) in [7, 11) is 0. The molecule has 1 fully saturated rings. The summed E-state index contributed by atoms with van der Waals surface area (Å²) in [6.07, 6.45) is -1.14. The molecule has 176 valence electrons. The van der Waals surface area contributed by atoms with Crippen LogP contribution in [0.5, 0.6) is 17.2 Å². The third kappa shape index (κ3) is 4.68. The molecule has 5 nitrogen and oxygen atoms in total. The molecule has 1 saturated heterocycles. The van der Waals surface area contributed by atoms with Crippen LogP contribution in [-0.4, -0.2) is 22.6 Å².